The van der Waals surface area contributed by atoms with Gasteiger partial charge in [-0.05, 0) is 31.1 Å². The first kappa shape index (κ1) is 14.5. The quantitative estimate of drug-likeness (QED) is 0.654. The first-order valence-corrected chi connectivity index (χ1v) is 6.43. The van der Waals surface area contributed by atoms with Gasteiger partial charge in [-0.25, -0.2) is 9.59 Å². The zero-order valence-corrected chi connectivity index (χ0v) is 11.0. The Balaban J connectivity index is 2.31. The van der Waals surface area contributed by atoms with E-state index in [2.05, 4.69) is 22.8 Å². The summed E-state index contributed by atoms with van der Waals surface area (Å²) in [6.07, 6.45) is 7.38. The summed E-state index contributed by atoms with van der Waals surface area (Å²) in [6.45, 7) is 4.14. The summed E-state index contributed by atoms with van der Waals surface area (Å²) in [7, 11) is 0. The summed E-state index contributed by atoms with van der Waals surface area (Å²) in [5, 5.41) is 14.2. The number of carbonyl (C=O) groups excluding carboxylic acids is 1. The maximum atomic E-state index is 11.6. The second-order valence-electron chi connectivity index (χ2n) is 5.06. The molecule has 0 fully saturated rings. The minimum Gasteiger partial charge on any atom is -0.480 e. The van der Waals surface area contributed by atoms with E-state index in [1.165, 1.54) is 0 Å². The third-order valence-corrected chi connectivity index (χ3v) is 3.15. The lowest BCUT2D eigenvalue weighted by Gasteiger charge is -2.21. The molecule has 18 heavy (non-hydrogen) atoms. The van der Waals surface area contributed by atoms with Crippen LogP contribution in [0.2, 0.25) is 0 Å². The zero-order chi connectivity index (χ0) is 13.5. The molecule has 1 aliphatic rings. The van der Waals surface area contributed by atoms with E-state index in [1.807, 2.05) is 0 Å². The molecule has 1 aliphatic carbocycles. The molecule has 5 nitrogen and oxygen atoms in total. The first-order valence-electron chi connectivity index (χ1n) is 6.43. The molecule has 1 rings (SSSR count). The van der Waals surface area contributed by atoms with Crippen molar-refractivity contribution < 1.29 is 14.7 Å². The first-order chi connectivity index (χ1) is 8.50. The predicted molar refractivity (Wildman–Crippen MR) is 69.3 cm³/mol. The third-order valence-electron chi connectivity index (χ3n) is 3.15. The van der Waals surface area contributed by atoms with Crippen LogP contribution in [0, 0.1) is 11.8 Å². The van der Waals surface area contributed by atoms with Gasteiger partial charge in [-0.3, -0.25) is 0 Å². The predicted octanol–water partition coefficient (Wildman–Crippen LogP) is 1.75. The lowest BCUT2D eigenvalue weighted by atomic mass is 9.94. The molecule has 3 N–H and O–H groups in total. The number of carbonyl (C=O) groups is 2. The van der Waals surface area contributed by atoms with Crippen LogP contribution in [0.3, 0.4) is 0 Å². The smallest absolute Gasteiger partial charge is 0.326 e. The molecule has 0 bridgehead atoms. The number of amides is 2. The SMILES string of the molecule is CC(C)[C@H](NC(=O)NCC1CC=CCC1)C(=O)O. The van der Waals surface area contributed by atoms with Crippen LogP contribution in [0.5, 0.6) is 0 Å². The second-order valence-corrected chi connectivity index (χ2v) is 5.06. The Bertz CT molecular complexity index is 326. The van der Waals surface area contributed by atoms with Gasteiger partial charge in [0.25, 0.3) is 0 Å². The van der Waals surface area contributed by atoms with Crippen LogP contribution in [-0.2, 0) is 4.79 Å². The Hall–Kier alpha value is -1.52. The Kier molecular flexibility index (Phi) is 5.68. The van der Waals surface area contributed by atoms with Gasteiger partial charge in [0.05, 0.1) is 0 Å². The number of carboxylic acid groups (broad SMARTS) is 1. The summed E-state index contributed by atoms with van der Waals surface area (Å²) < 4.78 is 0. The topological polar surface area (TPSA) is 78.4 Å². The minimum atomic E-state index is -0.999. The van der Waals surface area contributed by atoms with Crippen molar-refractivity contribution in [3.63, 3.8) is 0 Å². The van der Waals surface area contributed by atoms with E-state index in [0.29, 0.717) is 12.5 Å². The van der Waals surface area contributed by atoms with Crippen LogP contribution in [0.4, 0.5) is 4.79 Å². The maximum absolute atomic E-state index is 11.6. The average Bonchev–Trinajstić information content (AvgIpc) is 2.34. The van der Waals surface area contributed by atoms with E-state index in [4.69, 9.17) is 5.11 Å². The molecule has 0 aromatic rings. The molecule has 102 valence electrons. The van der Waals surface area contributed by atoms with Crippen molar-refractivity contribution >= 4 is 12.0 Å². The van der Waals surface area contributed by atoms with Gasteiger partial charge >= 0.3 is 12.0 Å². The lowest BCUT2D eigenvalue weighted by molar-refractivity contribution is -0.140. The van der Waals surface area contributed by atoms with Crippen molar-refractivity contribution in [2.75, 3.05) is 6.54 Å². The molecule has 1 unspecified atom stereocenters. The van der Waals surface area contributed by atoms with Crippen LogP contribution >= 0.6 is 0 Å². The maximum Gasteiger partial charge on any atom is 0.326 e. The van der Waals surface area contributed by atoms with Gasteiger partial charge in [0.15, 0.2) is 0 Å². The van der Waals surface area contributed by atoms with Crippen molar-refractivity contribution in [3.05, 3.63) is 12.2 Å². The monoisotopic (exact) mass is 254 g/mol. The second kappa shape index (κ2) is 7.03. The molecule has 0 aromatic heterocycles. The number of hydrogen-bond acceptors (Lipinski definition) is 2. The van der Waals surface area contributed by atoms with Gasteiger partial charge < -0.3 is 15.7 Å². The summed E-state index contributed by atoms with van der Waals surface area (Å²) in [5.74, 6) is -0.672. The number of hydrogen-bond donors (Lipinski definition) is 3. The minimum absolute atomic E-state index is 0.133. The normalized spacial score (nSPS) is 20.5. The molecule has 0 saturated carbocycles. The van der Waals surface area contributed by atoms with Crippen LogP contribution in [0.15, 0.2) is 12.2 Å². The number of urea groups is 1. The molecular weight excluding hydrogens is 232 g/mol. The van der Waals surface area contributed by atoms with Gasteiger partial charge in [0, 0.05) is 6.54 Å². The van der Waals surface area contributed by atoms with E-state index in [-0.39, 0.29) is 5.92 Å². The fourth-order valence-electron chi connectivity index (χ4n) is 1.98. The van der Waals surface area contributed by atoms with Gasteiger partial charge in [0.1, 0.15) is 6.04 Å². The Morgan fingerprint density at radius 1 is 1.39 bits per heavy atom. The van der Waals surface area contributed by atoms with E-state index in [9.17, 15) is 9.59 Å². The number of rotatable bonds is 5. The molecule has 0 saturated heterocycles. The highest BCUT2D eigenvalue weighted by atomic mass is 16.4. The van der Waals surface area contributed by atoms with Crippen molar-refractivity contribution in [2.24, 2.45) is 11.8 Å². The fourth-order valence-corrected chi connectivity index (χ4v) is 1.98. The summed E-state index contributed by atoms with van der Waals surface area (Å²) in [6, 6.07) is -1.23. The largest absolute Gasteiger partial charge is 0.480 e. The van der Waals surface area contributed by atoms with Gasteiger partial charge in [-0.2, -0.15) is 0 Å². The molecule has 5 heteroatoms. The van der Waals surface area contributed by atoms with E-state index in [1.54, 1.807) is 13.8 Å². The molecule has 0 aromatic carbocycles. The fraction of sp³-hybridized carbons (Fsp3) is 0.692. The molecule has 0 heterocycles. The number of aliphatic carboxylic acids is 1. The van der Waals surface area contributed by atoms with Crippen molar-refractivity contribution in [1.82, 2.24) is 10.6 Å². The van der Waals surface area contributed by atoms with Gasteiger partial charge in [-0.15, -0.1) is 0 Å². The number of allylic oxidation sites excluding steroid dienone is 2. The highest BCUT2D eigenvalue weighted by Crippen LogP contribution is 2.16. The zero-order valence-electron chi connectivity index (χ0n) is 11.0. The van der Waals surface area contributed by atoms with Crippen molar-refractivity contribution in [2.45, 2.75) is 39.2 Å². The van der Waals surface area contributed by atoms with E-state index < -0.39 is 18.0 Å². The summed E-state index contributed by atoms with van der Waals surface area (Å²) in [5.41, 5.74) is 0. The van der Waals surface area contributed by atoms with Crippen molar-refractivity contribution in [1.29, 1.82) is 0 Å². The highest BCUT2D eigenvalue weighted by Gasteiger charge is 2.23. The molecule has 2 atom stereocenters. The third kappa shape index (κ3) is 4.77. The molecule has 0 spiro atoms. The summed E-state index contributed by atoms with van der Waals surface area (Å²) >= 11 is 0. The molecule has 2 amide bonds. The van der Waals surface area contributed by atoms with Crippen molar-refractivity contribution in [3.8, 4) is 0 Å². The number of carboxylic acids is 1. The molecular formula is C13H22N2O3. The van der Waals surface area contributed by atoms with Crippen LogP contribution in [0.1, 0.15) is 33.1 Å². The van der Waals surface area contributed by atoms with Gasteiger partial charge in [-0.1, -0.05) is 26.0 Å². The van der Waals surface area contributed by atoms with Gasteiger partial charge in [0.2, 0.25) is 0 Å². The number of nitrogens with one attached hydrogen (secondary N) is 2. The average molecular weight is 254 g/mol. The van der Waals surface area contributed by atoms with Crippen LogP contribution in [-0.4, -0.2) is 29.7 Å². The Morgan fingerprint density at radius 2 is 2.11 bits per heavy atom. The van der Waals surface area contributed by atoms with E-state index >= 15 is 0 Å². The van der Waals surface area contributed by atoms with Crippen LogP contribution < -0.4 is 10.6 Å². The molecule has 0 aliphatic heterocycles. The van der Waals surface area contributed by atoms with E-state index in [0.717, 1.165) is 19.3 Å². The van der Waals surface area contributed by atoms with Crippen LogP contribution in [0.25, 0.3) is 0 Å². The summed E-state index contributed by atoms with van der Waals surface area (Å²) in [4.78, 5) is 22.5. The standard InChI is InChI=1S/C13H22N2O3/c1-9(2)11(12(16)17)15-13(18)14-8-10-6-4-3-5-7-10/h3-4,9-11H,5-8H2,1-2H3,(H,16,17)(H2,14,15,18)/t10?,11-/m0/s1. The highest BCUT2D eigenvalue weighted by molar-refractivity contribution is 5.82. The Labute approximate surface area is 108 Å². The lowest BCUT2D eigenvalue weighted by Crippen LogP contribution is -2.49. The molecule has 0 radical (unpaired) electrons. The Morgan fingerprint density at radius 3 is 2.61 bits per heavy atom.